The number of carbonyl (C=O) groups excluding carboxylic acids is 1. The van der Waals surface area contributed by atoms with Crippen LogP contribution in [0.3, 0.4) is 0 Å². The number of fused-ring (bicyclic) bond motifs is 1. The number of ether oxygens (including phenoxy) is 1. The Morgan fingerprint density at radius 1 is 1.19 bits per heavy atom. The topological polar surface area (TPSA) is 104 Å². The quantitative estimate of drug-likeness (QED) is 0.477. The zero-order valence-electron chi connectivity index (χ0n) is 14.9. The SMILES string of the molecule is Cc1ccc(OCC(=O)N/N=C/c2c(O)[nH]c(=O)c3ccccc23)cc1C. The number of benzene rings is 2. The number of amides is 1. The summed E-state index contributed by atoms with van der Waals surface area (Å²) in [4.78, 5) is 26.1. The Balaban J connectivity index is 1.67. The standard InChI is InChI=1S/C20H19N3O4/c1-12-7-8-14(9-13(12)2)27-11-18(24)23-21-10-17-15-5-3-4-6-16(15)19(25)22-20(17)26/h3-10H,11H2,1-2H3,(H,23,24)(H2,22,25,26)/b21-10+. The summed E-state index contributed by atoms with van der Waals surface area (Å²) in [7, 11) is 0. The summed E-state index contributed by atoms with van der Waals surface area (Å²) < 4.78 is 5.43. The average Bonchev–Trinajstić information content (AvgIpc) is 2.65. The van der Waals surface area contributed by atoms with Gasteiger partial charge in [-0.1, -0.05) is 24.3 Å². The average molecular weight is 365 g/mol. The van der Waals surface area contributed by atoms with E-state index in [9.17, 15) is 14.7 Å². The Morgan fingerprint density at radius 2 is 1.93 bits per heavy atom. The Kier molecular flexibility index (Phi) is 5.21. The van der Waals surface area contributed by atoms with E-state index >= 15 is 0 Å². The third kappa shape index (κ3) is 4.14. The fraction of sp³-hybridized carbons (Fsp3) is 0.150. The molecule has 0 aliphatic rings. The maximum atomic E-state index is 11.9. The number of aryl methyl sites for hydroxylation is 2. The zero-order valence-corrected chi connectivity index (χ0v) is 14.9. The van der Waals surface area contributed by atoms with Gasteiger partial charge in [-0.2, -0.15) is 5.10 Å². The van der Waals surface area contributed by atoms with E-state index in [1.54, 1.807) is 30.3 Å². The summed E-state index contributed by atoms with van der Waals surface area (Å²) in [5.41, 5.74) is 4.46. The van der Waals surface area contributed by atoms with Crippen molar-refractivity contribution in [2.75, 3.05) is 6.61 Å². The Morgan fingerprint density at radius 3 is 2.67 bits per heavy atom. The van der Waals surface area contributed by atoms with E-state index < -0.39 is 11.5 Å². The van der Waals surface area contributed by atoms with Gasteiger partial charge in [0.05, 0.1) is 11.8 Å². The summed E-state index contributed by atoms with van der Waals surface area (Å²) in [5.74, 6) is -0.165. The van der Waals surface area contributed by atoms with E-state index in [1.807, 2.05) is 26.0 Å². The third-order valence-corrected chi connectivity index (χ3v) is 4.18. The van der Waals surface area contributed by atoms with Crippen molar-refractivity contribution in [2.24, 2.45) is 5.10 Å². The predicted octanol–water partition coefficient (Wildman–Crippen LogP) is 2.38. The van der Waals surface area contributed by atoms with Crippen molar-refractivity contribution in [1.82, 2.24) is 10.4 Å². The van der Waals surface area contributed by atoms with Crippen LogP contribution in [0.1, 0.15) is 16.7 Å². The number of carbonyl (C=O) groups is 1. The van der Waals surface area contributed by atoms with Crippen LogP contribution in [0, 0.1) is 13.8 Å². The highest BCUT2D eigenvalue weighted by molar-refractivity contribution is 6.01. The minimum Gasteiger partial charge on any atom is -0.494 e. The lowest BCUT2D eigenvalue weighted by Gasteiger charge is -2.07. The molecule has 0 aliphatic heterocycles. The summed E-state index contributed by atoms with van der Waals surface area (Å²) in [6.45, 7) is 3.77. The number of aromatic amines is 1. The lowest BCUT2D eigenvalue weighted by Crippen LogP contribution is -2.24. The van der Waals surface area contributed by atoms with E-state index in [0.29, 0.717) is 22.1 Å². The van der Waals surface area contributed by atoms with Crippen molar-refractivity contribution in [2.45, 2.75) is 13.8 Å². The van der Waals surface area contributed by atoms with Crippen molar-refractivity contribution in [1.29, 1.82) is 0 Å². The number of H-pyrrole nitrogens is 1. The molecule has 0 saturated carbocycles. The number of aromatic nitrogens is 1. The maximum Gasteiger partial charge on any atom is 0.277 e. The number of pyridine rings is 1. The molecule has 3 aromatic rings. The number of hydrazone groups is 1. The molecular weight excluding hydrogens is 346 g/mol. The first kappa shape index (κ1) is 18.2. The van der Waals surface area contributed by atoms with Crippen LogP contribution in [0.4, 0.5) is 0 Å². The highest BCUT2D eigenvalue weighted by Gasteiger charge is 2.09. The molecule has 27 heavy (non-hydrogen) atoms. The normalized spacial score (nSPS) is 11.0. The van der Waals surface area contributed by atoms with Crippen molar-refractivity contribution >= 4 is 22.9 Å². The van der Waals surface area contributed by atoms with Crippen LogP contribution in [0.25, 0.3) is 10.8 Å². The number of hydrogen-bond acceptors (Lipinski definition) is 5. The first-order chi connectivity index (χ1) is 13.0. The molecular formula is C20H19N3O4. The highest BCUT2D eigenvalue weighted by Crippen LogP contribution is 2.20. The fourth-order valence-electron chi connectivity index (χ4n) is 2.57. The molecule has 1 heterocycles. The molecule has 0 saturated heterocycles. The second-order valence-electron chi connectivity index (χ2n) is 6.09. The molecule has 0 aliphatic carbocycles. The molecule has 0 spiro atoms. The van der Waals surface area contributed by atoms with Crippen LogP contribution < -0.4 is 15.7 Å². The fourth-order valence-corrected chi connectivity index (χ4v) is 2.57. The zero-order chi connectivity index (χ0) is 19.4. The molecule has 0 radical (unpaired) electrons. The molecule has 1 aromatic heterocycles. The summed E-state index contributed by atoms with van der Waals surface area (Å²) in [6, 6.07) is 12.4. The van der Waals surface area contributed by atoms with Crippen LogP contribution in [-0.4, -0.2) is 28.8 Å². The monoisotopic (exact) mass is 365 g/mol. The van der Waals surface area contributed by atoms with Gasteiger partial charge in [0, 0.05) is 10.8 Å². The molecule has 2 aromatic carbocycles. The lowest BCUT2D eigenvalue weighted by molar-refractivity contribution is -0.123. The molecule has 138 valence electrons. The van der Waals surface area contributed by atoms with E-state index in [1.165, 1.54) is 6.21 Å². The van der Waals surface area contributed by atoms with Gasteiger partial charge in [0.2, 0.25) is 5.88 Å². The number of nitrogens with one attached hydrogen (secondary N) is 2. The largest absolute Gasteiger partial charge is 0.494 e. The van der Waals surface area contributed by atoms with E-state index in [-0.39, 0.29) is 12.5 Å². The van der Waals surface area contributed by atoms with Gasteiger partial charge in [-0.25, -0.2) is 5.43 Å². The Labute approximate surface area is 155 Å². The minimum atomic E-state index is -0.447. The van der Waals surface area contributed by atoms with Crippen LogP contribution >= 0.6 is 0 Å². The number of aromatic hydroxyl groups is 1. The molecule has 7 nitrogen and oxygen atoms in total. The molecule has 7 heteroatoms. The molecule has 0 unspecified atom stereocenters. The molecule has 0 bridgehead atoms. The first-order valence-electron chi connectivity index (χ1n) is 8.31. The maximum absolute atomic E-state index is 11.9. The summed E-state index contributed by atoms with van der Waals surface area (Å²) >= 11 is 0. The van der Waals surface area contributed by atoms with Crippen molar-refractivity contribution < 1.29 is 14.6 Å². The van der Waals surface area contributed by atoms with E-state index in [2.05, 4.69) is 15.5 Å². The van der Waals surface area contributed by atoms with Gasteiger partial charge in [-0.15, -0.1) is 0 Å². The van der Waals surface area contributed by atoms with Gasteiger partial charge in [-0.05, 0) is 43.2 Å². The molecule has 0 fully saturated rings. The van der Waals surface area contributed by atoms with Crippen molar-refractivity contribution in [3.63, 3.8) is 0 Å². The molecule has 0 atom stereocenters. The van der Waals surface area contributed by atoms with E-state index in [0.717, 1.165) is 11.1 Å². The smallest absolute Gasteiger partial charge is 0.277 e. The van der Waals surface area contributed by atoms with Gasteiger partial charge >= 0.3 is 0 Å². The van der Waals surface area contributed by atoms with Crippen LogP contribution in [-0.2, 0) is 4.79 Å². The predicted molar refractivity (Wildman–Crippen MR) is 103 cm³/mol. The van der Waals surface area contributed by atoms with Gasteiger partial charge < -0.3 is 9.84 Å². The van der Waals surface area contributed by atoms with E-state index in [4.69, 9.17) is 4.74 Å². The Bertz CT molecular complexity index is 1090. The summed E-state index contributed by atoms with van der Waals surface area (Å²) in [6.07, 6.45) is 1.28. The molecule has 3 rings (SSSR count). The van der Waals surface area contributed by atoms with Gasteiger partial charge in [0.25, 0.3) is 11.5 Å². The van der Waals surface area contributed by atoms with Crippen molar-refractivity contribution in [3.05, 3.63) is 69.5 Å². The first-order valence-corrected chi connectivity index (χ1v) is 8.31. The summed E-state index contributed by atoms with van der Waals surface area (Å²) in [5, 5.41) is 14.8. The number of hydrogen-bond donors (Lipinski definition) is 3. The van der Waals surface area contributed by atoms with Gasteiger partial charge in [-0.3, -0.25) is 14.6 Å². The van der Waals surface area contributed by atoms with Crippen LogP contribution in [0.5, 0.6) is 11.6 Å². The number of rotatable bonds is 5. The third-order valence-electron chi connectivity index (χ3n) is 4.18. The number of nitrogens with zero attached hydrogens (tertiary/aromatic N) is 1. The van der Waals surface area contributed by atoms with Crippen LogP contribution in [0.15, 0.2) is 52.4 Å². The van der Waals surface area contributed by atoms with Crippen LogP contribution in [0.2, 0.25) is 0 Å². The highest BCUT2D eigenvalue weighted by atomic mass is 16.5. The second-order valence-corrected chi connectivity index (χ2v) is 6.09. The molecule has 1 amide bonds. The van der Waals surface area contributed by atoms with Gasteiger partial charge in [0.15, 0.2) is 6.61 Å². The van der Waals surface area contributed by atoms with Gasteiger partial charge in [0.1, 0.15) is 5.75 Å². The molecule has 3 N–H and O–H groups in total. The Hall–Kier alpha value is -3.61. The lowest BCUT2D eigenvalue weighted by atomic mass is 10.1. The van der Waals surface area contributed by atoms with Crippen molar-refractivity contribution in [3.8, 4) is 11.6 Å². The minimum absolute atomic E-state index is 0.196. The second kappa shape index (κ2) is 7.74.